The standard InChI is InChI=1S/C17H26N4O/c1-12-6-9-20(10-7-12)16-11-13(2)18-17(19-16)15-5-4-8-21(15)14(3)22/h11-12,15H,4-10H2,1-3H3/t15-/m0/s1. The average molecular weight is 302 g/mol. The molecular formula is C17H26N4O. The van der Waals surface area contributed by atoms with E-state index in [1.165, 1.54) is 12.8 Å². The fourth-order valence-electron chi connectivity index (χ4n) is 3.54. The maximum atomic E-state index is 11.8. The second kappa shape index (κ2) is 6.23. The number of anilines is 1. The van der Waals surface area contributed by atoms with Crippen molar-refractivity contribution in [3.63, 3.8) is 0 Å². The van der Waals surface area contributed by atoms with Crippen LogP contribution in [-0.2, 0) is 4.79 Å². The molecule has 0 N–H and O–H groups in total. The average Bonchev–Trinajstić information content (AvgIpc) is 2.97. The van der Waals surface area contributed by atoms with Gasteiger partial charge in [0.05, 0.1) is 6.04 Å². The van der Waals surface area contributed by atoms with Crippen LogP contribution in [0.3, 0.4) is 0 Å². The van der Waals surface area contributed by atoms with E-state index in [9.17, 15) is 4.79 Å². The van der Waals surface area contributed by atoms with Gasteiger partial charge in [0.15, 0.2) is 5.82 Å². The molecule has 120 valence electrons. The lowest BCUT2D eigenvalue weighted by molar-refractivity contribution is -0.129. The molecule has 2 fully saturated rings. The molecule has 3 heterocycles. The molecule has 0 saturated carbocycles. The minimum absolute atomic E-state index is 0.0554. The summed E-state index contributed by atoms with van der Waals surface area (Å²) in [4.78, 5) is 25.5. The molecular weight excluding hydrogens is 276 g/mol. The maximum Gasteiger partial charge on any atom is 0.220 e. The van der Waals surface area contributed by atoms with E-state index in [1.807, 2.05) is 11.8 Å². The number of nitrogens with zero attached hydrogens (tertiary/aromatic N) is 4. The Morgan fingerprint density at radius 3 is 2.59 bits per heavy atom. The summed E-state index contributed by atoms with van der Waals surface area (Å²) in [6, 6.07) is 2.13. The van der Waals surface area contributed by atoms with E-state index in [0.717, 1.165) is 55.7 Å². The molecule has 2 aliphatic heterocycles. The molecule has 1 aromatic heterocycles. The van der Waals surface area contributed by atoms with Gasteiger partial charge in [-0.25, -0.2) is 9.97 Å². The topological polar surface area (TPSA) is 49.3 Å². The van der Waals surface area contributed by atoms with Gasteiger partial charge < -0.3 is 9.80 Å². The fourth-order valence-corrected chi connectivity index (χ4v) is 3.54. The zero-order chi connectivity index (χ0) is 15.7. The van der Waals surface area contributed by atoms with Crippen LogP contribution in [0, 0.1) is 12.8 Å². The van der Waals surface area contributed by atoms with E-state index < -0.39 is 0 Å². The molecule has 0 aliphatic carbocycles. The Morgan fingerprint density at radius 2 is 1.91 bits per heavy atom. The van der Waals surface area contributed by atoms with Gasteiger partial charge in [-0.05, 0) is 38.5 Å². The molecule has 5 heteroatoms. The third-order valence-electron chi connectivity index (χ3n) is 4.92. The van der Waals surface area contributed by atoms with E-state index in [0.29, 0.717) is 0 Å². The lowest BCUT2D eigenvalue weighted by Gasteiger charge is -2.32. The number of aromatic nitrogens is 2. The largest absolute Gasteiger partial charge is 0.356 e. The molecule has 1 amide bonds. The molecule has 1 aromatic rings. The SMILES string of the molecule is CC(=O)N1CCC[C@H]1c1nc(C)cc(N2CCC(C)CC2)n1. The molecule has 5 nitrogen and oxygen atoms in total. The van der Waals surface area contributed by atoms with Gasteiger partial charge in [0.25, 0.3) is 0 Å². The van der Waals surface area contributed by atoms with Gasteiger partial charge in [0.1, 0.15) is 5.82 Å². The summed E-state index contributed by atoms with van der Waals surface area (Å²) in [5.74, 6) is 2.79. The van der Waals surface area contributed by atoms with Gasteiger partial charge in [-0.15, -0.1) is 0 Å². The van der Waals surface area contributed by atoms with Crippen molar-refractivity contribution in [3.8, 4) is 0 Å². The lowest BCUT2D eigenvalue weighted by Crippen LogP contribution is -2.34. The van der Waals surface area contributed by atoms with Gasteiger partial charge in [0.2, 0.25) is 5.91 Å². The second-order valence-corrected chi connectivity index (χ2v) is 6.77. The molecule has 1 atom stereocenters. The lowest BCUT2D eigenvalue weighted by atomic mass is 9.99. The summed E-state index contributed by atoms with van der Waals surface area (Å²) in [6.45, 7) is 8.94. The van der Waals surface area contributed by atoms with Gasteiger partial charge in [-0.2, -0.15) is 0 Å². The summed E-state index contributed by atoms with van der Waals surface area (Å²) >= 11 is 0. The summed E-state index contributed by atoms with van der Waals surface area (Å²) in [5, 5.41) is 0. The Labute approximate surface area is 132 Å². The Bertz CT molecular complexity index is 552. The Kier molecular flexibility index (Phi) is 4.32. The first kappa shape index (κ1) is 15.3. The fraction of sp³-hybridized carbons (Fsp3) is 0.706. The smallest absolute Gasteiger partial charge is 0.220 e. The first-order chi connectivity index (χ1) is 10.5. The molecule has 0 bridgehead atoms. The van der Waals surface area contributed by atoms with Crippen molar-refractivity contribution in [3.05, 3.63) is 17.6 Å². The van der Waals surface area contributed by atoms with E-state index in [2.05, 4.69) is 22.9 Å². The maximum absolute atomic E-state index is 11.8. The molecule has 3 rings (SSSR count). The van der Waals surface area contributed by atoms with Crippen LogP contribution in [0.15, 0.2) is 6.07 Å². The minimum atomic E-state index is 0.0554. The van der Waals surface area contributed by atoms with E-state index in [4.69, 9.17) is 4.98 Å². The molecule has 0 spiro atoms. The van der Waals surface area contributed by atoms with Crippen LogP contribution in [0.5, 0.6) is 0 Å². The number of aryl methyl sites for hydroxylation is 1. The quantitative estimate of drug-likeness (QED) is 0.843. The number of amides is 1. The highest BCUT2D eigenvalue weighted by Gasteiger charge is 2.31. The van der Waals surface area contributed by atoms with Crippen LogP contribution in [0.4, 0.5) is 5.82 Å². The van der Waals surface area contributed by atoms with Gasteiger partial charge in [-0.1, -0.05) is 6.92 Å². The first-order valence-electron chi connectivity index (χ1n) is 8.42. The van der Waals surface area contributed by atoms with Crippen molar-refractivity contribution in [1.29, 1.82) is 0 Å². The molecule has 22 heavy (non-hydrogen) atoms. The predicted octanol–water partition coefficient (Wildman–Crippen LogP) is 2.70. The highest BCUT2D eigenvalue weighted by Crippen LogP contribution is 2.31. The van der Waals surface area contributed by atoms with Crippen LogP contribution in [-0.4, -0.2) is 40.4 Å². The second-order valence-electron chi connectivity index (χ2n) is 6.77. The molecule has 2 saturated heterocycles. The normalized spacial score (nSPS) is 23.1. The molecule has 0 radical (unpaired) electrons. The van der Waals surface area contributed by atoms with Crippen molar-refractivity contribution in [1.82, 2.24) is 14.9 Å². The third kappa shape index (κ3) is 3.08. The number of likely N-dealkylation sites (tertiary alicyclic amines) is 1. The van der Waals surface area contributed by atoms with Crippen LogP contribution in [0.25, 0.3) is 0 Å². The number of carbonyl (C=O) groups excluding carboxylic acids is 1. The van der Waals surface area contributed by atoms with E-state index in [-0.39, 0.29) is 11.9 Å². The molecule has 0 unspecified atom stereocenters. The summed E-state index contributed by atoms with van der Waals surface area (Å²) in [6.07, 6.45) is 4.46. The van der Waals surface area contributed by atoms with Crippen molar-refractivity contribution in [2.45, 2.75) is 52.5 Å². The highest BCUT2D eigenvalue weighted by atomic mass is 16.2. The van der Waals surface area contributed by atoms with Gasteiger partial charge in [-0.3, -0.25) is 4.79 Å². The zero-order valence-electron chi connectivity index (χ0n) is 13.9. The number of carbonyl (C=O) groups is 1. The van der Waals surface area contributed by atoms with Crippen molar-refractivity contribution < 1.29 is 4.79 Å². The molecule has 2 aliphatic rings. The summed E-state index contributed by atoms with van der Waals surface area (Å²) in [5.41, 5.74) is 0.994. The number of hydrogen-bond acceptors (Lipinski definition) is 4. The van der Waals surface area contributed by atoms with Crippen molar-refractivity contribution in [2.24, 2.45) is 5.92 Å². The Balaban J connectivity index is 1.85. The Morgan fingerprint density at radius 1 is 1.18 bits per heavy atom. The molecule has 0 aromatic carbocycles. The number of hydrogen-bond donors (Lipinski definition) is 0. The van der Waals surface area contributed by atoms with Crippen molar-refractivity contribution >= 4 is 11.7 Å². The van der Waals surface area contributed by atoms with Crippen molar-refractivity contribution in [2.75, 3.05) is 24.5 Å². The van der Waals surface area contributed by atoms with Crippen LogP contribution >= 0.6 is 0 Å². The first-order valence-corrected chi connectivity index (χ1v) is 8.42. The summed E-state index contributed by atoms with van der Waals surface area (Å²) < 4.78 is 0. The van der Waals surface area contributed by atoms with Gasteiger partial charge >= 0.3 is 0 Å². The summed E-state index contributed by atoms with van der Waals surface area (Å²) in [7, 11) is 0. The monoisotopic (exact) mass is 302 g/mol. The predicted molar refractivity (Wildman–Crippen MR) is 86.7 cm³/mol. The Hall–Kier alpha value is -1.65. The third-order valence-corrected chi connectivity index (χ3v) is 4.92. The van der Waals surface area contributed by atoms with Crippen LogP contribution in [0.1, 0.15) is 57.1 Å². The minimum Gasteiger partial charge on any atom is -0.356 e. The number of piperidine rings is 1. The van der Waals surface area contributed by atoms with E-state index >= 15 is 0 Å². The zero-order valence-corrected chi connectivity index (χ0v) is 13.9. The van der Waals surface area contributed by atoms with Crippen LogP contribution < -0.4 is 4.90 Å². The highest BCUT2D eigenvalue weighted by molar-refractivity contribution is 5.74. The number of rotatable bonds is 2. The van der Waals surface area contributed by atoms with E-state index in [1.54, 1.807) is 6.92 Å². The van der Waals surface area contributed by atoms with Gasteiger partial charge in [0, 0.05) is 38.3 Å². The van der Waals surface area contributed by atoms with Crippen LogP contribution in [0.2, 0.25) is 0 Å².